The summed E-state index contributed by atoms with van der Waals surface area (Å²) >= 11 is 0. The number of hydrogen-bond donors (Lipinski definition) is 2. The first kappa shape index (κ1) is 18.3. The summed E-state index contributed by atoms with van der Waals surface area (Å²) in [5.74, 6) is 1.52. The summed E-state index contributed by atoms with van der Waals surface area (Å²) in [4.78, 5) is 8.77. The Bertz CT molecular complexity index is 679. The third-order valence-electron chi connectivity index (χ3n) is 5.04. The summed E-state index contributed by atoms with van der Waals surface area (Å²) in [6.45, 7) is 9.87. The first-order chi connectivity index (χ1) is 12.7. The van der Waals surface area contributed by atoms with Crippen molar-refractivity contribution < 1.29 is 0 Å². The Hall–Kier alpha value is -2.53. The Kier molecular flexibility index (Phi) is 6.12. The van der Waals surface area contributed by atoms with Crippen LogP contribution >= 0.6 is 0 Å². The molecule has 0 saturated carbocycles. The first-order valence-corrected chi connectivity index (χ1v) is 9.32. The maximum atomic E-state index is 6.14. The van der Waals surface area contributed by atoms with Gasteiger partial charge in [-0.1, -0.05) is 43.0 Å². The van der Waals surface area contributed by atoms with Gasteiger partial charge in [0.2, 0.25) is 0 Å². The normalized spacial score (nSPS) is 22.8. The van der Waals surface area contributed by atoms with Crippen molar-refractivity contribution in [3.63, 3.8) is 0 Å². The van der Waals surface area contributed by atoms with Crippen LogP contribution in [-0.2, 0) is 6.42 Å². The number of rotatable bonds is 7. The summed E-state index contributed by atoms with van der Waals surface area (Å²) < 4.78 is 0. The van der Waals surface area contributed by atoms with E-state index < -0.39 is 0 Å². The molecule has 2 atom stereocenters. The second kappa shape index (κ2) is 8.72. The molecule has 0 aromatic heterocycles. The van der Waals surface area contributed by atoms with Gasteiger partial charge in [-0.3, -0.25) is 5.32 Å². The SMILES string of the molecule is C=CCNC1C(N)=NC=CN1C(=C)N1CCCCC1Cc1ccccc1. The highest BCUT2D eigenvalue weighted by atomic mass is 15.4. The summed E-state index contributed by atoms with van der Waals surface area (Å²) in [5, 5.41) is 3.37. The molecule has 5 heteroatoms. The van der Waals surface area contributed by atoms with E-state index in [2.05, 4.69) is 63.6 Å². The van der Waals surface area contributed by atoms with Crippen LogP contribution in [0, 0.1) is 0 Å². The van der Waals surface area contributed by atoms with Gasteiger partial charge in [-0.05, 0) is 31.2 Å². The molecule has 0 spiro atoms. The van der Waals surface area contributed by atoms with Gasteiger partial charge in [0.1, 0.15) is 17.8 Å². The number of hydrogen-bond acceptors (Lipinski definition) is 5. The fourth-order valence-electron chi connectivity index (χ4n) is 3.71. The fourth-order valence-corrected chi connectivity index (χ4v) is 3.71. The van der Waals surface area contributed by atoms with Crippen molar-refractivity contribution in [1.29, 1.82) is 0 Å². The molecule has 0 amide bonds. The average molecular weight is 351 g/mol. The number of benzene rings is 1. The molecule has 1 fully saturated rings. The van der Waals surface area contributed by atoms with Crippen LogP contribution in [0.1, 0.15) is 24.8 Å². The molecule has 1 aromatic carbocycles. The Morgan fingerprint density at radius 3 is 2.88 bits per heavy atom. The van der Waals surface area contributed by atoms with Gasteiger partial charge in [0.15, 0.2) is 0 Å². The number of amidine groups is 1. The Balaban J connectivity index is 1.75. The third-order valence-corrected chi connectivity index (χ3v) is 5.04. The number of likely N-dealkylation sites (tertiary alicyclic amines) is 1. The number of aliphatic imine (C=N–C) groups is 1. The highest BCUT2D eigenvalue weighted by molar-refractivity contribution is 5.87. The standard InChI is InChI=1S/C21H29N5/c1-3-12-24-21-20(22)23-13-15-26(21)17(2)25-14-8-7-11-19(25)16-18-9-5-4-6-10-18/h3-6,9-10,13,15,19,21,24H,1-2,7-8,11-12,14,16H2,(H2,22,23). The lowest BCUT2D eigenvalue weighted by atomic mass is 9.95. The molecule has 2 heterocycles. The smallest absolute Gasteiger partial charge is 0.144 e. The van der Waals surface area contributed by atoms with E-state index in [0.717, 1.165) is 18.8 Å². The van der Waals surface area contributed by atoms with Crippen LogP contribution in [0.2, 0.25) is 0 Å². The van der Waals surface area contributed by atoms with Crippen LogP contribution in [0.3, 0.4) is 0 Å². The summed E-state index contributed by atoms with van der Waals surface area (Å²) in [5.41, 5.74) is 7.51. The van der Waals surface area contributed by atoms with Crippen LogP contribution < -0.4 is 11.1 Å². The van der Waals surface area contributed by atoms with Crippen LogP contribution in [0.25, 0.3) is 0 Å². The zero-order valence-electron chi connectivity index (χ0n) is 15.3. The summed E-state index contributed by atoms with van der Waals surface area (Å²) in [6.07, 6.45) is 9.99. The van der Waals surface area contributed by atoms with Gasteiger partial charge in [0, 0.05) is 31.5 Å². The van der Waals surface area contributed by atoms with Crippen molar-refractivity contribution in [2.24, 2.45) is 10.7 Å². The van der Waals surface area contributed by atoms with Crippen LogP contribution in [0.15, 0.2) is 72.8 Å². The van der Waals surface area contributed by atoms with Crippen LogP contribution in [-0.4, -0.2) is 40.9 Å². The zero-order chi connectivity index (χ0) is 18.4. The van der Waals surface area contributed by atoms with Crippen LogP contribution in [0.4, 0.5) is 0 Å². The third kappa shape index (κ3) is 4.17. The fraction of sp³-hybridized carbons (Fsp3) is 0.381. The summed E-state index contributed by atoms with van der Waals surface area (Å²) in [7, 11) is 0. The minimum Gasteiger partial charge on any atom is -0.384 e. The topological polar surface area (TPSA) is 56.9 Å². The number of nitrogens with one attached hydrogen (secondary N) is 1. The molecule has 0 aliphatic carbocycles. The minimum atomic E-state index is -0.190. The molecule has 2 aliphatic heterocycles. The van der Waals surface area contributed by atoms with E-state index in [9.17, 15) is 0 Å². The van der Waals surface area contributed by atoms with Gasteiger partial charge in [-0.15, -0.1) is 6.58 Å². The van der Waals surface area contributed by atoms with Crippen molar-refractivity contribution in [2.75, 3.05) is 13.1 Å². The first-order valence-electron chi connectivity index (χ1n) is 9.32. The molecule has 0 radical (unpaired) electrons. The van der Waals surface area contributed by atoms with Gasteiger partial charge < -0.3 is 15.5 Å². The quantitative estimate of drug-likeness (QED) is 0.742. The van der Waals surface area contributed by atoms with E-state index in [4.69, 9.17) is 5.73 Å². The highest BCUT2D eigenvalue weighted by Gasteiger charge is 2.30. The molecule has 3 N–H and O–H groups in total. The van der Waals surface area contributed by atoms with Crippen molar-refractivity contribution >= 4 is 5.84 Å². The van der Waals surface area contributed by atoms with Gasteiger partial charge >= 0.3 is 0 Å². The van der Waals surface area contributed by atoms with Crippen molar-refractivity contribution in [3.8, 4) is 0 Å². The molecule has 5 nitrogen and oxygen atoms in total. The second-order valence-electron chi connectivity index (χ2n) is 6.81. The predicted molar refractivity (Wildman–Crippen MR) is 108 cm³/mol. The maximum Gasteiger partial charge on any atom is 0.144 e. The van der Waals surface area contributed by atoms with E-state index in [1.807, 2.05) is 12.3 Å². The monoisotopic (exact) mass is 351 g/mol. The van der Waals surface area contributed by atoms with Gasteiger partial charge in [0.25, 0.3) is 0 Å². The molecule has 1 saturated heterocycles. The van der Waals surface area contributed by atoms with Crippen molar-refractivity contribution in [2.45, 2.75) is 37.9 Å². The molecule has 0 bridgehead atoms. The molecule has 3 rings (SSSR count). The lowest BCUT2D eigenvalue weighted by Gasteiger charge is -2.44. The highest BCUT2D eigenvalue weighted by Crippen LogP contribution is 2.27. The van der Waals surface area contributed by atoms with Gasteiger partial charge in [-0.2, -0.15) is 0 Å². The molecule has 1 aromatic rings. The summed E-state index contributed by atoms with van der Waals surface area (Å²) in [6, 6.07) is 11.1. The van der Waals surface area contributed by atoms with Gasteiger partial charge in [0.05, 0.1) is 0 Å². The van der Waals surface area contributed by atoms with Crippen molar-refractivity contribution in [3.05, 3.63) is 73.4 Å². The molecule has 26 heavy (non-hydrogen) atoms. The Labute approximate surface area is 156 Å². The lowest BCUT2D eigenvalue weighted by molar-refractivity contribution is 0.137. The van der Waals surface area contributed by atoms with E-state index >= 15 is 0 Å². The van der Waals surface area contributed by atoms with E-state index in [-0.39, 0.29) is 6.17 Å². The number of nitrogens with zero attached hydrogens (tertiary/aromatic N) is 3. The predicted octanol–water partition coefficient (Wildman–Crippen LogP) is 2.80. The number of piperidine rings is 1. The lowest BCUT2D eigenvalue weighted by Crippen LogP contribution is -2.56. The van der Waals surface area contributed by atoms with E-state index in [0.29, 0.717) is 18.4 Å². The second-order valence-corrected chi connectivity index (χ2v) is 6.81. The van der Waals surface area contributed by atoms with Gasteiger partial charge in [-0.25, -0.2) is 4.99 Å². The Morgan fingerprint density at radius 2 is 2.12 bits per heavy atom. The molecular weight excluding hydrogens is 322 g/mol. The van der Waals surface area contributed by atoms with E-state index in [1.54, 1.807) is 6.20 Å². The Morgan fingerprint density at radius 1 is 1.31 bits per heavy atom. The largest absolute Gasteiger partial charge is 0.384 e. The molecule has 138 valence electrons. The molecule has 2 aliphatic rings. The molecule has 2 unspecified atom stereocenters. The molecular formula is C21H29N5. The number of nitrogens with two attached hydrogens (primary N) is 1. The minimum absolute atomic E-state index is 0.190. The maximum absolute atomic E-state index is 6.14. The average Bonchev–Trinajstić information content (AvgIpc) is 2.67. The van der Waals surface area contributed by atoms with Crippen LogP contribution in [0.5, 0.6) is 0 Å². The van der Waals surface area contributed by atoms with Crippen molar-refractivity contribution in [1.82, 2.24) is 15.1 Å². The zero-order valence-corrected chi connectivity index (χ0v) is 15.3. The van der Waals surface area contributed by atoms with E-state index in [1.165, 1.54) is 24.8 Å².